The van der Waals surface area contributed by atoms with E-state index in [1.807, 2.05) is 19.1 Å². The van der Waals surface area contributed by atoms with Crippen molar-refractivity contribution in [2.45, 2.75) is 13.8 Å². The van der Waals surface area contributed by atoms with Crippen LogP contribution in [0.1, 0.15) is 18.1 Å². The number of methoxy groups -OCH3 is 1. The predicted octanol–water partition coefficient (Wildman–Crippen LogP) is 3.00. The second-order valence-electron chi connectivity index (χ2n) is 2.90. The number of ether oxygens (including phenoxy) is 1. The molecule has 0 aromatic heterocycles. The molecule has 2 nitrogen and oxygen atoms in total. The number of hydrogen-bond acceptors (Lipinski definition) is 2. The fourth-order valence-corrected chi connectivity index (χ4v) is 2.03. The molecule has 0 aliphatic rings. The van der Waals surface area contributed by atoms with Gasteiger partial charge in [0.2, 0.25) is 0 Å². The van der Waals surface area contributed by atoms with E-state index in [-0.39, 0.29) is 0 Å². The first-order chi connectivity index (χ1) is 6.07. The first kappa shape index (κ1) is 10.5. The van der Waals surface area contributed by atoms with Crippen LogP contribution in [0, 0.1) is 15.9 Å². The molecule has 0 unspecified atom stereocenters. The van der Waals surface area contributed by atoms with Gasteiger partial charge in [0.1, 0.15) is 5.75 Å². The minimum absolute atomic E-state index is 0.546. The van der Waals surface area contributed by atoms with Gasteiger partial charge >= 0.3 is 0 Å². The van der Waals surface area contributed by atoms with Gasteiger partial charge in [0, 0.05) is 9.28 Å². The largest absolute Gasteiger partial charge is 0.496 e. The molecule has 0 amide bonds. The zero-order valence-corrected chi connectivity index (χ0v) is 10.1. The molecule has 0 aliphatic carbocycles. The Labute approximate surface area is 92.0 Å². The lowest BCUT2D eigenvalue weighted by Gasteiger charge is -2.11. The van der Waals surface area contributed by atoms with Crippen molar-refractivity contribution in [3.63, 3.8) is 0 Å². The average molecular weight is 289 g/mol. The van der Waals surface area contributed by atoms with E-state index in [2.05, 4.69) is 22.6 Å². The van der Waals surface area contributed by atoms with Crippen molar-refractivity contribution in [2.24, 2.45) is 0 Å². The Kier molecular flexibility index (Phi) is 3.30. The van der Waals surface area contributed by atoms with Crippen molar-refractivity contribution >= 4 is 28.3 Å². The summed E-state index contributed by atoms with van der Waals surface area (Å²) in [6, 6.07) is 3.91. The van der Waals surface area contributed by atoms with Gasteiger partial charge in [0.25, 0.3) is 0 Å². The van der Waals surface area contributed by atoms with E-state index in [9.17, 15) is 0 Å². The minimum atomic E-state index is 0.546. The third kappa shape index (κ3) is 2.02. The highest BCUT2D eigenvalue weighted by Crippen LogP contribution is 2.26. The maximum Gasteiger partial charge on any atom is 0.128 e. The average Bonchev–Trinajstić information content (AvgIpc) is 2.08. The molecule has 1 aromatic rings. The Balaban J connectivity index is 3.41. The molecule has 0 bridgehead atoms. The van der Waals surface area contributed by atoms with Crippen LogP contribution in [0.2, 0.25) is 0 Å². The second kappa shape index (κ2) is 4.09. The molecule has 1 aromatic carbocycles. The van der Waals surface area contributed by atoms with Crippen LogP contribution in [-0.2, 0) is 0 Å². The summed E-state index contributed by atoms with van der Waals surface area (Å²) in [7, 11) is 1.63. The van der Waals surface area contributed by atoms with Gasteiger partial charge in [-0.1, -0.05) is 6.07 Å². The molecular formula is C10H12INO. The number of aryl methyl sites for hydroxylation is 1. The fraction of sp³-hybridized carbons (Fsp3) is 0.300. The van der Waals surface area contributed by atoms with E-state index < -0.39 is 0 Å². The number of rotatable bonds is 2. The summed E-state index contributed by atoms with van der Waals surface area (Å²) >= 11 is 2.25. The standard InChI is InChI=1S/C10H12INO/c1-6-4-5-8(13-3)9(7(2)12)10(6)11/h4-5,12H,1-3H3. The lowest BCUT2D eigenvalue weighted by molar-refractivity contribution is 0.413. The normalized spacial score (nSPS) is 9.85. The predicted molar refractivity (Wildman–Crippen MR) is 63.0 cm³/mol. The second-order valence-corrected chi connectivity index (χ2v) is 3.98. The molecule has 70 valence electrons. The highest BCUT2D eigenvalue weighted by atomic mass is 127. The van der Waals surface area contributed by atoms with E-state index in [0.29, 0.717) is 5.71 Å². The van der Waals surface area contributed by atoms with Gasteiger partial charge < -0.3 is 10.1 Å². The quantitative estimate of drug-likeness (QED) is 0.659. The maximum atomic E-state index is 7.63. The Morgan fingerprint density at radius 1 is 1.46 bits per heavy atom. The Morgan fingerprint density at radius 3 is 2.54 bits per heavy atom. The highest BCUT2D eigenvalue weighted by molar-refractivity contribution is 14.1. The zero-order valence-electron chi connectivity index (χ0n) is 7.94. The van der Waals surface area contributed by atoms with Crippen LogP contribution < -0.4 is 4.74 Å². The molecule has 0 radical (unpaired) electrons. The van der Waals surface area contributed by atoms with E-state index in [0.717, 1.165) is 14.9 Å². The van der Waals surface area contributed by atoms with Crippen molar-refractivity contribution in [2.75, 3.05) is 7.11 Å². The fourth-order valence-electron chi connectivity index (χ4n) is 1.18. The van der Waals surface area contributed by atoms with Gasteiger partial charge in [-0.25, -0.2) is 0 Å². The van der Waals surface area contributed by atoms with Gasteiger partial charge in [0.15, 0.2) is 0 Å². The third-order valence-corrected chi connectivity index (χ3v) is 3.28. The Hall–Kier alpha value is -0.580. The monoisotopic (exact) mass is 289 g/mol. The van der Waals surface area contributed by atoms with E-state index in [4.69, 9.17) is 10.1 Å². The van der Waals surface area contributed by atoms with Gasteiger partial charge in [-0.2, -0.15) is 0 Å². The summed E-state index contributed by atoms with van der Waals surface area (Å²) in [6.07, 6.45) is 0. The summed E-state index contributed by atoms with van der Waals surface area (Å²) < 4.78 is 6.30. The lowest BCUT2D eigenvalue weighted by atomic mass is 10.1. The molecule has 0 fully saturated rings. The summed E-state index contributed by atoms with van der Waals surface area (Å²) in [5, 5.41) is 7.63. The van der Waals surface area contributed by atoms with E-state index >= 15 is 0 Å². The maximum absolute atomic E-state index is 7.63. The molecule has 0 heterocycles. The topological polar surface area (TPSA) is 33.1 Å². The van der Waals surface area contributed by atoms with Gasteiger partial charge in [-0.15, -0.1) is 0 Å². The first-order valence-corrected chi connectivity index (χ1v) is 5.04. The molecule has 1 rings (SSSR count). The van der Waals surface area contributed by atoms with Crippen molar-refractivity contribution < 1.29 is 4.74 Å². The molecule has 13 heavy (non-hydrogen) atoms. The van der Waals surface area contributed by atoms with E-state index in [1.54, 1.807) is 14.0 Å². The molecule has 3 heteroatoms. The van der Waals surface area contributed by atoms with Crippen molar-refractivity contribution in [3.05, 3.63) is 26.8 Å². The van der Waals surface area contributed by atoms with Crippen molar-refractivity contribution in [1.82, 2.24) is 0 Å². The number of nitrogens with one attached hydrogen (secondary N) is 1. The van der Waals surface area contributed by atoms with Crippen LogP contribution in [0.25, 0.3) is 0 Å². The molecule has 0 saturated carbocycles. The molecule has 0 aliphatic heterocycles. The summed E-state index contributed by atoms with van der Waals surface area (Å²) in [4.78, 5) is 0. The number of hydrogen-bond donors (Lipinski definition) is 1. The molecular weight excluding hydrogens is 277 g/mol. The lowest BCUT2D eigenvalue weighted by Crippen LogP contribution is -2.02. The SMILES string of the molecule is COc1ccc(C)c(I)c1C(C)=N. The first-order valence-electron chi connectivity index (χ1n) is 3.96. The van der Waals surface area contributed by atoms with Crippen LogP contribution in [0.4, 0.5) is 0 Å². The van der Waals surface area contributed by atoms with Crippen LogP contribution in [0.3, 0.4) is 0 Å². The molecule has 0 spiro atoms. The van der Waals surface area contributed by atoms with Crippen LogP contribution in [-0.4, -0.2) is 12.8 Å². The van der Waals surface area contributed by atoms with Gasteiger partial charge in [-0.3, -0.25) is 0 Å². The third-order valence-electron chi connectivity index (χ3n) is 1.89. The van der Waals surface area contributed by atoms with Crippen LogP contribution in [0.15, 0.2) is 12.1 Å². The Morgan fingerprint density at radius 2 is 2.08 bits per heavy atom. The van der Waals surface area contributed by atoms with Crippen molar-refractivity contribution in [1.29, 1.82) is 5.41 Å². The Bertz CT molecular complexity index is 347. The zero-order chi connectivity index (χ0) is 10.0. The van der Waals surface area contributed by atoms with E-state index in [1.165, 1.54) is 5.56 Å². The summed E-state index contributed by atoms with van der Waals surface area (Å²) in [5.74, 6) is 0.780. The van der Waals surface area contributed by atoms with Crippen LogP contribution in [0.5, 0.6) is 5.75 Å². The van der Waals surface area contributed by atoms with Crippen molar-refractivity contribution in [3.8, 4) is 5.75 Å². The van der Waals surface area contributed by atoms with Gasteiger partial charge in [0.05, 0.1) is 12.7 Å². The summed E-state index contributed by atoms with van der Waals surface area (Å²) in [6.45, 7) is 3.81. The van der Waals surface area contributed by atoms with Crippen LogP contribution >= 0.6 is 22.6 Å². The van der Waals surface area contributed by atoms with Gasteiger partial charge in [-0.05, 0) is 48.1 Å². The molecule has 1 N–H and O–H groups in total. The molecule has 0 saturated heterocycles. The smallest absolute Gasteiger partial charge is 0.128 e. The number of halogens is 1. The summed E-state index contributed by atoms with van der Waals surface area (Å²) in [5.41, 5.74) is 2.64. The number of benzene rings is 1. The minimum Gasteiger partial charge on any atom is -0.496 e. The molecule has 0 atom stereocenters. The highest BCUT2D eigenvalue weighted by Gasteiger charge is 2.10.